The molecule has 0 saturated heterocycles. The van der Waals surface area contributed by atoms with Gasteiger partial charge in [-0.3, -0.25) is 0 Å². The highest BCUT2D eigenvalue weighted by Crippen LogP contribution is 2.07. The van der Waals surface area contributed by atoms with Crippen LogP contribution in [0.2, 0.25) is 0 Å². The predicted molar refractivity (Wildman–Crippen MR) is 62.1 cm³/mol. The van der Waals surface area contributed by atoms with E-state index in [-0.39, 0.29) is 0 Å². The van der Waals surface area contributed by atoms with Crippen molar-refractivity contribution in [3.63, 3.8) is 0 Å². The minimum absolute atomic E-state index is 0.364. The minimum Gasteiger partial charge on any atom is -0.487 e. The van der Waals surface area contributed by atoms with Crippen molar-refractivity contribution in [2.75, 3.05) is 6.61 Å². The lowest BCUT2D eigenvalue weighted by Gasteiger charge is -2.10. The Kier molecular flexibility index (Phi) is 8.00. The molecule has 0 fully saturated rings. The van der Waals surface area contributed by atoms with E-state index in [4.69, 9.17) is 17.0 Å². The van der Waals surface area contributed by atoms with Crippen molar-refractivity contribution in [2.45, 2.75) is 40.0 Å². The number of hydrogen-bond donors (Lipinski definition) is 0. The monoisotopic (exact) mass is 200 g/mol. The summed E-state index contributed by atoms with van der Waals surface area (Å²) in [6, 6.07) is 0. The van der Waals surface area contributed by atoms with Gasteiger partial charge in [0.15, 0.2) is 5.05 Å². The molecule has 0 aromatic heterocycles. The van der Waals surface area contributed by atoms with Gasteiger partial charge in [-0.1, -0.05) is 32.4 Å². The van der Waals surface area contributed by atoms with Crippen LogP contribution in [0.15, 0.2) is 12.2 Å². The molecular formula is C11H20OS. The normalized spacial score (nSPS) is 13.2. The fourth-order valence-electron chi connectivity index (χ4n) is 0.966. The smallest absolute Gasteiger partial charge is 0.162 e. The number of unbranched alkanes of at least 4 members (excludes halogenated alkanes) is 1. The first-order chi connectivity index (χ1) is 6.22. The molecule has 0 amide bonds. The molecule has 1 unspecified atom stereocenters. The Morgan fingerprint density at radius 3 is 2.62 bits per heavy atom. The molecule has 0 radical (unpaired) electrons. The van der Waals surface area contributed by atoms with Crippen LogP contribution in [0.1, 0.15) is 40.0 Å². The lowest BCUT2D eigenvalue weighted by Crippen LogP contribution is -2.11. The zero-order valence-corrected chi connectivity index (χ0v) is 9.69. The topological polar surface area (TPSA) is 9.23 Å². The third-order valence-corrected chi connectivity index (χ3v) is 2.32. The van der Waals surface area contributed by atoms with E-state index < -0.39 is 0 Å². The zero-order chi connectivity index (χ0) is 10.1. The summed E-state index contributed by atoms with van der Waals surface area (Å²) in [6.07, 6.45) is 7.78. The number of hydrogen-bond acceptors (Lipinski definition) is 2. The Morgan fingerprint density at radius 2 is 2.08 bits per heavy atom. The molecule has 0 aromatic carbocycles. The Hall–Kier alpha value is -0.370. The lowest BCUT2D eigenvalue weighted by molar-refractivity contribution is 0.314. The first-order valence-electron chi connectivity index (χ1n) is 5.04. The number of thiocarbonyl (C=S) groups is 1. The van der Waals surface area contributed by atoms with Crippen molar-refractivity contribution in [2.24, 2.45) is 5.92 Å². The zero-order valence-electron chi connectivity index (χ0n) is 8.88. The first-order valence-corrected chi connectivity index (χ1v) is 5.44. The van der Waals surface area contributed by atoms with E-state index >= 15 is 0 Å². The first kappa shape index (κ1) is 12.6. The van der Waals surface area contributed by atoms with E-state index in [0.717, 1.165) is 17.9 Å². The van der Waals surface area contributed by atoms with Crippen LogP contribution in [-0.4, -0.2) is 11.7 Å². The molecule has 0 bridgehead atoms. The van der Waals surface area contributed by atoms with Crippen molar-refractivity contribution >= 4 is 17.3 Å². The van der Waals surface area contributed by atoms with Gasteiger partial charge in [0.25, 0.3) is 0 Å². The van der Waals surface area contributed by atoms with Gasteiger partial charge in [0, 0.05) is 5.92 Å². The van der Waals surface area contributed by atoms with Crippen LogP contribution in [0, 0.1) is 5.92 Å². The third kappa shape index (κ3) is 6.76. The van der Waals surface area contributed by atoms with Crippen molar-refractivity contribution in [1.82, 2.24) is 0 Å². The Labute approximate surface area is 87.2 Å². The SMILES string of the molecule is CCCC=CCC(C)C(=S)OCC. The van der Waals surface area contributed by atoms with E-state index in [0.29, 0.717) is 12.5 Å². The van der Waals surface area contributed by atoms with Crippen LogP contribution in [-0.2, 0) is 4.74 Å². The van der Waals surface area contributed by atoms with Crippen molar-refractivity contribution in [3.05, 3.63) is 12.2 Å². The van der Waals surface area contributed by atoms with Gasteiger partial charge >= 0.3 is 0 Å². The molecule has 0 aromatic rings. The second-order valence-electron chi connectivity index (χ2n) is 3.15. The van der Waals surface area contributed by atoms with E-state index in [1.807, 2.05) is 6.92 Å². The maximum absolute atomic E-state index is 5.26. The average molecular weight is 200 g/mol. The molecule has 2 heteroatoms. The van der Waals surface area contributed by atoms with Crippen molar-refractivity contribution in [1.29, 1.82) is 0 Å². The van der Waals surface area contributed by atoms with Gasteiger partial charge < -0.3 is 4.74 Å². The van der Waals surface area contributed by atoms with Crippen molar-refractivity contribution in [3.8, 4) is 0 Å². The van der Waals surface area contributed by atoms with Crippen LogP contribution in [0.3, 0.4) is 0 Å². The van der Waals surface area contributed by atoms with Crippen LogP contribution >= 0.6 is 12.2 Å². The molecule has 0 rings (SSSR count). The van der Waals surface area contributed by atoms with Gasteiger partial charge in [0.2, 0.25) is 0 Å². The second kappa shape index (κ2) is 8.24. The molecule has 0 aliphatic rings. The molecule has 0 spiro atoms. The summed E-state index contributed by atoms with van der Waals surface area (Å²) >= 11 is 5.10. The highest BCUT2D eigenvalue weighted by Gasteiger charge is 2.06. The van der Waals surface area contributed by atoms with Crippen LogP contribution in [0.4, 0.5) is 0 Å². The third-order valence-electron chi connectivity index (χ3n) is 1.80. The van der Waals surface area contributed by atoms with Gasteiger partial charge in [0.05, 0.1) is 6.61 Å². The largest absolute Gasteiger partial charge is 0.487 e. The van der Waals surface area contributed by atoms with Crippen LogP contribution in [0.5, 0.6) is 0 Å². The highest BCUT2D eigenvalue weighted by atomic mass is 32.1. The van der Waals surface area contributed by atoms with E-state index in [9.17, 15) is 0 Å². The van der Waals surface area contributed by atoms with Crippen LogP contribution < -0.4 is 0 Å². The molecule has 1 nitrogen and oxygen atoms in total. The lowest BCUT2D eigenvalue weighted by atomic mass is 10.1. The van der Waals surface area contributed by atoms with Crippen LogP contribution in [0.25, 0.3) is 0 Å². The highest BCUT2D eigenvalue weighted by molar-refractivity contribution is 7.80. The molecule has 0 saturated carbocycles. The molecule has 0 aliphatic carbocycles. The molecule has 1 atom stereocenters. The van der Waals surface area contributed by atoms with E-state index in [1.165, 1.54) is 6.42 Å². The predicted octanol–water partition coefficient (Wildman–Crippen LogP) is 3.73. The maximum Gasteiger partial charge on any atom is 0.162 e. The Balaban J connectivity index is 3.60. The Bertz CT molecular complexity index is 163. The molecule has 0 N–H and O–H groups in total. The summed E-state index contributed by atoms with van der Waals surface area (Å²) in [4.78, 5) is 0. The quantitative estimate of drug-likeness (QED) is 0.477. The second-order valence-corrected chi connectivity index (χ2v) is 3.55. The summed E-state index contributed by atoms with van der Waals surface area (Å²) in [5.74, 6) is 0.364. The van der Waals surface area contributed by atoms with E-state index in [1.54, 1.807) is 0 Å². The molecule has 0 aliphatic heterocycles. The van der Waals surface area contributed by atoms with E-state index in [2.05, 4.69) is 26.0 Å². The maximum atomic E-state index is 5.26. The Morgan fingerprint density at radius 1 is 1.38 bits per heavy atom. The molecule has 0 heterocycles. The van der Waals surface area contributed by atoms with Gasteiger partial charge in [0.1, 0.15) is 0 Å². The van der Waals surface area contributed by atoms with Gasteiger partial charge in [-0.2, -0.15) is 0 Å². The summed E-state index contributed by atoms with van der Waals surface area (Å²) < 4.78 is 5.26. The minimum atomic E-state index is 0.364. The number of rotatable bonds is 6. The molecule has 13 heavy (non-hydrogen) atoms. The fraction of sp³-hybridized carbons (Fsp3) is 0.727. The van der Waals surface area contributed by atoms with Crippen molar-refractivity contribution < 1.29 is 4.74 Å². The summed E-state index contributed by atoms with van der Waals surface area (Å²) in [7, 11) is 0. The van der Waals surface area contributed by atoms with Gasteiger partial charge in [-0.05, 0) is 32.0 Å². The fourth-order valence-corrected chi connectivity index (χ4v) is 1.18. The number of ether oxygens (including phenoxy) is 1. The summed E-state index contributed by atoms with van der Waals surface area (Å²) in [5, 5.41) is 0.739. The number of allylic oxidation sites excluding steroid dienone is 2. The molecule has 76 valence electrons. The summed E-state index contributed by atoms with van der Waals surface area (Å²) in [5.41, 5.74) is 0. The standard InChI is InChI=1S/C11H20OS/c1-4-6-7-8-9-10(3)11(13)12-5-2/h7-8,10H,4-6,9H2,1-3H3. The van der Waals surface area contributed by atoms with Gasteiger partial charge in [-0.15, -0.1) is 0 Å². The van der Waals surface area contributed by atoms with Gasteiger partial charge in [-0.25, -0.2) is 0 Å². The molecular weight excluding hydrogens is 180 g/mol. The average Bonchev–Trinajstić information content (AvgIpc) is 2.12. The summed E-state index contributed by atoms with van der Waals surface area (Å²) in [6.45, 7) is 6.93.